The van der Waals surface area contributed by atoms with Crippen LogP contribution in [0.5, 0.6) is 0 Å². The largest absolute Gasteiger partial charge is 0.298 e. The van der Waals surface area contributed by atoms with Crippen LogP contribution in [-0.2, 0) is 0 Å². The second kappa shape index (κ2) is 5.81. The Bertz CT molecular complexity index is 617. The molecule has 1 atom stereocenters. The van der Waals surface area contributed by atoms with E-state index in [0.717, 1.165) is 23.6 Å². The number of hydrogen-bond donors (Lipinski definition) is 0. The number of aromatic nitrogens is 2. The molecule has 1 aliphatic carbocycles. The maximum Gasteiger partial charge on any atom is 0.115 e. The van der Waals surface area contributed by atoms with Crippen LogP contribution in [0, 0.1) is 0 Å². The summed E-state index contributed by atoms with van der Waals surface area (Å²) in [6.45, 7) is 3.70. The molecule has 22 heavy (non-hydrogen) atoms. The van der Waals surface area contributed by atoms with Gasteiger partial charge in [-0.25, -0.2) is 9.97 Å². The van der Waals surface area contributed by atoms with E-state index in [1.54, 1.807) is 6.33 Å². The van der Waals surface area contributed by atoms with Crippen LogP contribution >= 0.6 is 0 Å². The summed E-state index contributed by atoms with van der Waals surface area (Å²) in [6, 6.07) is 10.6. The van der Waals surface area contributed by atoms with Crippen LogP contribution in [0.2, 0.25) is 0 Å². The van der Waals surface area contributed by atoms with Crippen LogP contribution in [-0.4, -0.2) is 33.5 Å². The van der Waals surface area contributed by atoms with E-state index in [1.807, 2.05) is 12.4 Å². The van der Waals surface area contributed by atoms with E-state index in [1.165, 1.54) is 43.4 Å². The van der Waals surface area contributed by atoms with E-state index >= 15 is 0 Å². The van der Waals surface area contributed by atoms with E-state index < -0.39 is 0 Å². The molecule has 4 rings (SSSR count). The van der Waals surface area contributed by atoms with Crippen LogP contribution in [0.1, 0.15) is 44.1 Å². The fourth-order valence-corrected chi connectivity index (χ4v) is 4.02. The van der Waals surface area contributed by atoms with Gasteiger partial charge in [0.15, 0.2) is 0 Å². The van der Waals surface area contributed by atoms with E-state index in [-0.39, 0.29) is 0 Å². The van der Waals surface area contributed by atoms with Gasteiger partial charge in [0.2, 0.25) is 0 Å². The second-order valence-electron chi connectivity index (χ2n) is 6.80. The molecule has 0 spiro atoms. The van der Waals surface area contributed by atoms with Crippen molar-refractivity contribution < 1.29 is 0 Å². The van der Waals surface area contributed by atoms with Crippen LogP contribution in [0.4, 0.5) is 0 Å². The third kappa shape index (κ3) is 2.54. The second-order valence-corrected chi connectivity index (χ2v) is 6.80. The van der Waals surface area contributed by atoms with Gasteiger partial charge < -0.3 is 0 Å². The highest BCUT2D eigenvalue weighted by Crippen LogP contribution is 2.42. The van der Waals surface area contributed by atoms with Gasteiger partial charge >= 0.3 is 0 Å². The van der Waals surface area contributed by atoms with Crippen molar-refractivity contribution in [1.82, 2.24) is 14.9 Å². The van der Waals surface area contributed by atoms with Crippen molar-refractivity contribution in [3.63, 3.8) is 0 Å². The Morgan fingerprint density at radius 3 is 2.36 bits per heavy atom. The predicted octanol–water partition coefficient (Wildman–Crippen LogP) is 3.87. The highest BCUT2D eigenvalue weighted by molar-refractivity contribution is 5.61. The fraction of sp³-hybridized carbons (Fsp3) is 0.474. The molecule has 1 aromatic heterocycles. The van der Waals surface area contributed by atoms with Gasteiger partial charge in [0, 0.05) is 30.0 Å². The molecule has 0 bridgehead atoms. The Morgan fingerprint density at radius 1 is 1.00 bits per heavy atom. The molecule has 2 aromatic rings. The molecule has 0 radical (unpaired) electrons. The topological polar surface area (TPSA) is 29.0 Å². The molecule has 114 valence electrons. The van der Waals surface area contributed by atoms with Gasteiger partial charge in [0.1, 0.15) is 6.33 Å². The average Bonchev–Trinajstić information content (AvgIpc) is 2.94. The van der Waals surface area contributed by atoms with Gasteiger partial charge in [-0.2, -0.15) is 0 Å². The lowest BCUT2D eigenvalue weighted by Crippen LogP contribution is -2.45. The lowest BCUT2D eigenvalue weighted by molar-refractivity contribution is 0.103. The van der Waals surface area contributed by atoms with Crippen molar-refractivity contribution in [1.29, 1.82) is 0 Å². The van der Waals surface area contributed by atoms with Crippen molar-refractivity contribution >= 4 is 0 Å². The molecule has 2 heterocycles. The maximum absolute atomic E-state index is 4.09. The minimum absolute atomic E-state index is 0.749. The summed E-state index contributed by atoms with van der Waals surface area (Å²) < 4.78 is 0. The first-order valence-corrected chi connectivity index (χ1v) is 8.42. The molecule has 1 aromatic carbocycles. The van der Waals surface area contributed by atoms with Crippen molar-refractivity contribution in [2.45, 2.75) is 50.6 Å². The highest BCUT2D eigenvalue weighted by Gasteiger charge is 2.37. The standard InChI is InChI=1S/C19H23N3/c1-14-3-2-8-22(14)19-9-17(10-19)15-4-6-16(7-5-15)18-11-20-13-21-12-18/h4-7,11-14,17,19H,2-3,8-10H2,1H3/t14-,17-,19-/m0/s1. The number of likely N-dealkylation sites (tertiary alicyclic amines) is 1. The third-order valence-electron chi connectivity index (χ3n) is 5.46. The summed E-state index contributed by atoms with van der Waals surface area (Å²) in [5, 5.41) is 0. The predicted molar refractivity (Wildman–Crippen MR) is 88.6 cm³/mol. The summed E-state index contributed by atoms with van der Waals surface area (Å²) in [6.07, 6.45) is 10.7. The Hall–Kier alpha value is -1.74. The number of rotatable bonds is 3. The van der Waals surface area contributed by atoms with E-state index in [0.29, 0.717) is 0 Å². The van der Waals surface area contributed by atoms with Crippen LogP contribution < -0.4 is 0 Å². The zero-order valence-electron chi connectivity index (χ0n) is 13.2. The van der Waals surface area contributed by atoms with E-state index in [2.05, 4.69) is 46.1 Å². The summed E-state index contributed by atoms with van der Waals surface area (Å²) in [5.74, 6) is 0.749. The first kappa shape index (κ1) is 13.9. The van der Waals surface area contributed by atoms with Gasteiger partial charge in [0.25, 0.3) is 0 Å². The van der Waals surface area contributed by atoms with Gasteiger partial charge in [-0.05, 0) is 56.2 Å². The Morgan fingerprint density at radius 2 is 1.73 bits per heavy atom. The molecule has 0 amide bonds. The van der Waals surface area contributed by atoms with E-state index in [9.17, 15) is 0 Å². The van der Waals surface area contributed by atoms with E-state index in [4.69, 9.17) is 0 Å². The van der Waals surface area contributed by atoms with Crippen molar-refractivity contribution in [2.75, 3.05) is 6.54 Å². The molecule has 3 nitrogen and oxygen atoms in total. The Balaban J connectivity index is 1.41. The summed E-state index contributed by atoms with van der Waals surface area (Å²) >= 11 is 0. The minimum atomic E-state index is 0.749. The summed E-state index contributed by atoms with van der Waals surface area (Å²) in [4.78, 5) is 10.9. The Labute approximate surface area is 132 Å². The molecule has 1 saturated carbocycles. The molecular weight excluding hydrogens is 270 g/mol. The molecular formula is C19H23N3. The number of benzene rings is 1. The van der Waals surface area contributed by atoms with Crippen LogP contribution in [0.3, 0.4) is 0 Å². The molecule has 0 N–H and O–H groups in total. The van der Waals surface area contributed by atoms with Gasteiger partial charge in [-0.1, -0.05) is 24.3 Å². The van der Waals surface area contributed by atoms with Crippen molar-refractivity contribution in [3.8, 4) is 11.1 Å². The fourth-order valence-electron chi connectivity index (χ4n) is 4.02. The van der Waals surface area contributed by atoms with Crippen LogP contribution in [0.15, 0.2) is 43.0 Å². The highest BCUT2D eigenvalue weighted by atomic mass is 15.2. The van der Waals surface area contributed by atoms with Gasteiger partial charge in [-0.15, -0.1) is 0 Å². The molecule has 2 aliphatic rings. The van der Waals surface area contributed by atoms with Crippen molar-refractivity contribution in [2.24, 2.45) is 0 Å². The summed E-state index contributed by atoms with van der Waals surface area (Å²) in [5.41, 5.74) is 3.78. The zero-order valence-corrected chi connectivity index (χ0v) is 13.2. The SMILES string of the molecule is C[C@H]1CCCN1[C@H]1C[C@H](c2ccc(-c3cncnc3)cc2)C1. The molecule has 3 heteroatoms. The average molecular weight is 293 g/mol. The third-order valence-corrected chi connectivity index (χ3v) is 5.46. The van der Waals surface area contributed by atoms with Crippen LogP contribution in [0.25, 0.3) is 11.1 Å². The quantitative estimate of drug-likeness (QED) is 0.860. The first-order valence-electron chi connectivity index (χ1n) is 8.42. The molecule has 1 aliphatic heterocycles. The van der Waals surface area contributed by atoms with Crippen molar-refractivity contribution in [3.05, 3.63) is 48.5 Å². The Kier molecular flexibility index (Phi) is 3.67. The normalized spacial score (nSPS) is 28.5. The molecule has 2 fully saturated rings. The lowest BCUT2D eigenvalue weighted by atomic mass is 9.74. The molecule has 1 saturated heterocycles. The maximum atomic E-state index is 4.09. The van der Waals surface area contributed by atoms with Gasteiger partial charge in [-0.3, -0.25) is 4.90 Å². The number of hydrogen-bond acceptors (Lipinski definition) is 3. The number of nitrogens with zero attached hydrogens (tertiary/aromatic N) is 3. The minimum Gasteiger partial charge on any atom is -0.298 e. The first-order chi connectivity index (χ1) is 10.8. The smallest absolute Gasteiger partial charge is 0.115 e. The summed E-state index contributed by atoms with van der Waals surface area (Å²) in [7, 11) is 0. The van der Waals surface area contributed by atoms with Gasteiger partial charge in [0.05, 0.1) is 0 Å². The monoisotopic (exact) mass is 293 g/mol. The lowest BCUT2D eigenvalue weighted by Gasteiger charge is -2.43. The zero-order chi connectivity index (χ0) is 14.9. The molecule has 0 unspecified atom stereocenters.